The van der Waals surface area contributed by atoms with Crippen LogP contribution in [0.25, 0.3) is 0 Å². The van der Waals surface area contributed by atoms with Gasteiger partial charge in [-0.05, 0) is 30.1 Å². The summed E-state index contributed by atoms with van der Waals surface area (Å²) in [5.74, 6) is -1.26. The van der Waals surface area contributed by atoms with Crippen LogP contribution in [-0.4, -0.2) is 35.1 Å². The molecule has 1 aromatic heterocycles. The molecule has 3 atom stereocenters. The number of nitro benzene ring substituents is 1. The van der Waals surface area contributed by atoms with Gasteiger partial charge in [0.05, 0.1) is 15.7 Å². The van der Waals surface area contributed by atoms with E-state index in [-0.39, 0.29) is 23.3 Å². The van der Waals surface area contributed by atoms with Gasteiger partial charge in [0.2, 0.25) is 5.91 Å². The molecular formula is C23H19N3O4S. The van der Waals surface area contributed by atoms with Gasteiger partial charge in [0.15, 0.2) is 5.78 Å². The topological polar surface area (TPSA) is 92.5 Å². The van der Waals surface area contributed by atoms with Crippen molar-refractivity contribution >= 4 is 34.4 Å². The van der Waals surface area contributed by atoms with Crippen molar-refractivity contribution in [1.29, 1.82) is 0 Å². The summed E-state index contributed by atoms with van der Waals surface area (Å²) in [6, 6.07) is 17.4. The molecule has 8 heteroatoms. The van der Waals surface area contributed by atoms with E-state index >= 15 is 0 Å². The Bertz CT molecular complexity index is 1190. The van der Waals surface area contributed by atoms with E-state index in [1.165, 1.54) is 23.5 Å². The van der Waals surface area contributed by atoms with Crippen LogP contribution in [0.4, 0.5) is 11.4 Å². The van der Waals surface area contributed by atoms with Crippen LogP contribution in [0.15, 0.2) is 66.0 Å². The number of carbonyl (C=O) groups excluding carboxylic acids is 2. The first-order chi connectivity index (χ1) is 14.9. The van der Waals surface area contributed by atoms with Crippen molar-refractivity contribution < 1.29 is 14.5 Å². The molecule has 7 nitrogen and oxygen atoms in total. The number of Topliss-reactive ketones (excluding diaryl/α,β-unsaturated/α-hetero) is 1. The molecule has 1 spiro atoms. The number of thiophene rings is 1. The lowest BCUT2D eigenvalue weighted by Crippen LogP contribution is -2.51. The molecule has 0 saturated carbocycles. The van der Waals surface area contributed by atoms with Crippen molar-refractivity contribution in [2.45, 2.75) is 11.5 Å². The second kappa shape index (κ2) is 7.11. The van der Waals surface area contributed by atoms with Crippen molar-refractivity contribution in [2.75, 3.05) is 18.9 Å². The van der Waals surface area contributed by atoms with Gasteiger partial charge in [0.1, 0.15) is 5.54 Å². The van der Waals surface area contributed by atoms with Crippen molar-refractivity contribution in [3.8, 4) is 0 Å². The number of nitrogens with zero attached hydrogens (tertiary/aromatic N) is 2. The second-order valence-corrected chi connectivity index (χ2v) is 8.87. The summed E-state index contributed by atoms with van der Waals surface area (Å²) in [5, 5.41) is 15.9. The Morgan fingerprint density at radius 2 is 1.90 bits per heavy atom. The highest BCUT2D eigenvalue weighted by Gasteiger charge is 2.64. The summed E-state index contributed by atoms with van der Waals surface area (Å²) in [4.78, 5) is 40.5. The Hall–Kier alpha value is -3.36. The Balaban J connectivity index is 1.69. The highest BCUT2D eigenvalue weighted by molar-refractivity contribution is 7.12. The third kappa shape index (κ3) is 2.75. The Morgan fingerprint density at radius 1 is 1.16 bits per heavy atom. The Labute approximate surface area is 182 Å². The van der Waals surface area contributed by atoms with Crippen molar-refractivity contribution in [2.24, 2.45) is 5.92 Å². The summed E-state index contributed by atoms with van der Waals surface area (Å²) in [6.45, 7) is 0.474. The number of rotatable bonds is 4. The summed E-state index contributed by atoms with van der Waals surface area (Å²) < 4.78 is 0. The Kier molecular flexibility index (Phi) is 4.49. The van der Waals surface area contributed by atoms with Crippen LogP contribution in [0.3, 0.4) is 0 Å². The van der Waals surface area contributed by atoms with Gasteiger partial charge in [0.25, 0.3) is 5.69 Å². The van der Waals surface area contributed by atoms with E-state index in [1.807, 2.05) is 47.7 Å². The van der Waals surface area contributed by atoms with Gasteiger partial charge in [-0.25, -0.2) is 0 Å². The molecule has 2 aromatic carbocycles. The fourth-order valence-corrected chi connectivity index (χ4v) is 5.81. The summed E-state index contributed by atoms with van der Waals surface area (Å²) in [5.41, 5.74) is 1.18. The molecule has 3 heterocycles. The first-order valence-corrected chi connectivity index (χ1v) is 10.8. The van der Waals surface area contributed by atoms with E-state index in [9.17, 15) is 19.7 Å². The molecule has 3 aromatic rings. The van der Waals surface area contributed by atoms with Crippen LogP contribution in [0, 0.1) is 16.0 Å². The molecule has 0 radical (unpaired) electrons. The standard InChI is InChI=1S/C23H19N3O4S/c1-25-13-16(14-8-10-15(11-9-14)26(29)30)20(21(27)19-7-4-12-31-19)23(25)17-5-2-3-6-18(17)24-22(23)28/h2-12,16,20H,13H2,1H3,(H,24,28)/t16-,20?,23-/m1/s1. The molecule has 5 rings (SSSR count). The number of anilines is 1. The third-order valence-corrected chi connectivity index (χ3v) is 7.32. The molecule has 0 aliphatic carbocycles. The highest BCUT2D eigenvalue weighted by atomic mass is 32.1. The van der Waals surface area contributed by atoms with Gasteiger partial charge in [-0.3, -0.25) is 24.6 Å². The minimum Gasteiger partial charge on any atom is -0.324 e. The molecule has 1 saturated heterocycles. The molecule has 2 aliphatic heterocycles. The molecule has 2 aliphatic rings. The number of amides is 1. The van der Waals surface area contributed by atoms with Crippen molar-refractivity contribution in [3.05, 3.63) is 92.2 Å². The molecule has 0 bridgehead atoms. The van der Waals surface area contributed by atoms with Crippen LogP contribution in [0.5, 0.6) is 0 Å². The van der Waals surface area contributed by atoms with Gasteiger partial charge in [-0.2, -0.15) is 0 Å². The number of ketones is 1. The molecular weight excluding hydrogens is 414 g/mol. The van der Waals surface area contributed by atoms with E-state index in [4.69, 9.17) is 0 Å². The van der Waals surface area contributed by atoms with Crippen LogP contribution in [-0.2, 0) is 10.3 Å². The third-order valence-electron chi connectivity index (χ3n) is 6.44. The molecule has 1 amide bonds. The first-order valence-electron chi connectivity index (χ1n) is 9.89. The molecule has 1 fully saturated rings. The van der Waals surface area contributed by atoms with E-state index in [0.717, 1.165) is 11.1 Å². The van der Waals surface area contributed by atoms with Crippen molar-refractivity contribution in [3.63, 3.8) is 0 Å². The summed E-state index contributed by atoms with van der Waals surface area (Å²) >= 11 is 1.36. The van der Waals surface area contributed by atoms with Crippen LogP contribution in [0.2, 0.25) is 0 Å². The molecule has 1 unspecified atom stereocenters. The summed E-state index contributed by atoms with van der Waals surface area (Å²) in [6.07, 6.45) is 0. The summed E-state index contributed by atoms with van der Waals surface area (Å²) in [7, 11) is 1.86. The zero-order chi connectivity index (χ0) is 21.8. The van der Waals surface area contributed by atoms with Gasteiger partial charge in [-0.15, -0.1) is 11.3 Å². The fourth-order valence-electron chi connectivity index (χ4n) is 5.11. The number of benzene rings is 2. The van der Waals surface area contributed by atoms with E-state index in [0.29, 0.717) is 17.1 Å². The number of hydrogen-bond donors (Lipinski definition) is 1. The number of nitrogens with one attached hydrogen (secondary N) is 1. The highest BCUT2D eigenvalue weighted by Crippen LogP contribution is 2.55. The zero-order valence-corrected chi connectivity index (χ0v) is 17.5. The second-order valence-electron chi connectivity index (χ2n) is 7.92. The van der Waals surface area contributed by atoms with E-state index in [1.54, 1.807) is 18.2 Å². The monoisotopic (exact) mass is 433 g/mol. The average Bonchev–Trinajstić information content (AvgIpc) is 3.47. The minimum absolute atomic E-state index is 0.00472. The van der Waals surface area contributed by atoms with Crippen LogP contribution < -0.4 is 5.32 Å². The van der Waals surface area contributed by atoms with Crippen molar-refractivity contribution in [1.82, 2.24) is 4.90 Å². The number of likely N-dealkylation sites (tertiary alicyclic amines) is 1. The van der Waals surface area contributed by atoms with E-state index in [2.05, 4.69) is 5.32 Å². The smallest absolute Gasteiger partial charge is 0.269 e. The lowest BCUT2D eigenvalue weighted by molar-refractivity contribution is -0.384. The predicted molar refractivity (Wildman–Crippen MR) is 117 cm³/mol. The normalized spacial score (nSPS) is 24.9. The maximum Gasteiger partial charge on any atom is 0.269 e. The molecule has 156 valence electrons. The molecule has 31 heavy (non-hydrogen) atoms. The largest absolute Gasteiger partial charge is 0.324 e. The van der Waals surface area contributed by atoms with Crippen LogP contribution in [0.1, 0.15) is 26.7 Å². The van der Waals surface area contributed by atoms with Gasteiger partial charge in [0, 0.05) is 35.8 Å². The number of likely N-dealkylation sites (N-methyl/N-ethyl adjacent to an activating group) is 1. The van der Waals surface area contributed by atoms with Gasteiger partial charge in [-0.1, -0.05) is 36.4 Å². The molecule has 1 N–H and O–H groups in total. The average molecular weight is 433 g/mol. The minimum atomic E-state index is -1.13. The zero-order valence-electron chi connectivity index (χ0n) is 16.6. The number of nitro groups is 1. The SMILES string of the molecule is CN1C[C@H](c2ccc([N+](=O)[O-])cc2)C(C(=O)c2cccs2)[C@]12C(=O)Nc1ccccc12. The number of hydrogen-bond acceptors (Lipinski definition) is 6. The van der Waals surface area contributed by atoms with Crippen LogP contribution >= 0.6 is 11.3 Å². The lowest BCUT2D eigenvalue weighted by atomic mass is 9.71. The first kappa shape index (κ1) is 19.6. The number of non-ortho nitro benzene ring substituents is 1. The van der Waals surface area contributed by atoms with Gasteiger partial charge < -0.3 is 5.32 Å². The number of fused-ring (bicyclic) bond motifs is 2. The number of carbonyl (C=O) groups is 2. The predicted octanol–water partition coefficient (Wildman–Crippen LogP) is 4.03. The fraction of sp³-hybridized carbons (Fsp3) is 0.217. The van der Waals surface area contributed by atoms with Gasteiger partial charge >= 0.3 is 0 Å². The lowest BCUT2D eigenvalue weighted by Gasteiger charge is -2.35. The quantitative estimate of drug-likeness (QED) is 0.381. The number of para-hydroxylation sites is 1. The maximum absolute atomic E-state index is 13.8. The van der Waals surface area contributed by atoms with E-state index < -0.39 is 16.4 Å². The maximum atomic E-state index is 13.8. The Morgan fingerprint density at radius 3 is 2.58 bits per heavy atom.